The van der Waals surface area contributed by atoms with Gasteiger partial charge in [0.25, 0.3) is 5.91 Å². The van der Waals surface area contributed by atoms with Gasteiger partial charge in [-0.15, -0.1) is 0 Å². The van der Waals surface area contributed by atoms with E-state index in [-0.39, 0.29) is 5.91 Å². The van der Waals surface area contributed by atoms with Gasteiger partial charge in [-0.05, 0) is 25.0 Å². The third-order valence-corrected chi connectivity index (χ3v) is 3.97. The Balaban J connectivity index is 1.99. The van der Waals surface area contributed by atoms with Crippen LogP contribution < -0.4 is 4.90 Å². The molecule has 2 aromatic rings. The first-order chi connectivity index (χ1) is 10.1. The summed E-state index contributed by atoms with van der Waals surface area (Å²) in [5, 5.41) is 14.4. The van der Waals surface area contributed by atoms with Gasteiger partial charge in [-0.1, -0.05) is 25.1 Å². The van der Waals surface area contributed by atoms with Crippen molar-refractivity contribution in [2.45, 2.75) is 25.9 Å². The molecular weight excluding hydrogens is 266 g/mol. The van der Waals surface area contributed by atoms with E-state index in [4.69, 9.17) is 0 Å². The highest BCUT2D eigenvalue weighted by atomic mass is 16.3. The maximum Gasteiger partial charge on any atom is 0.276 e. The maximum atomic E-state index is 12.8. The number of fused-ring (bicyclic) bond motifs is 1. The second-order valence-corrected chi connectivity index (χ2v) is 5.32. The molecule has 21 heavy (non-hydrogen) atoms. The molecule has 110 valence electrons. The molecule has 1 atom stereocenters. The number of aliphatic hydroxyl groups is 1. The minimum atomic E-state index is -0.497. The highest BCUT2D eigenvalue weighted by Crippen LogP contribution is 2.34. The number of nitrogens with zero attached hydrogens (tertiary/aromatic N) is 3. The predicted molar refractivity (Wildman–Crippen MR) is 80.3 cm³/mol. The number of amides is 1. The molecule has 0 saturated carbocycles. The Kier molecular flexibility index (Phi) is 3.51. The summed E-state index contributed by atoms with van der Waals surface area (Å²) >= 11 is 0. The SMILES string of the molecule is CCc1cc(C(=O)N2CCC(O)c3ccccc32)n(C)n1. The minimum Gasteiger partial charge on any atom is -0.388 e. The summed E-state index contributed by atoms with van der Waals surface area (Å²) in [5.41, 5.74) is 3.10. The van der Waals surface area contributed by atoms with E-state index in [1.807, 2.05) is 37.3 Å². The van der Waals surface area contributed by atoms with Crippen molar-refractivity contribution in [3.05, 3.63) is 47.3 Å². The molecular formula is C16H19N3O2. The van der Waals surface area contributed by atoms with Crippen molar-refractivity contribution in [1.82, 2.24) is 9.78 Å². The van der Waals surface area contributed by atoms with Crippen LogP contribution in [0.15, 0.2) is 30.3 Å². The molecule has 0 bridgehead atoms. The lowest BCUT2D eigenvalue weighted by molar-refractivity contribution is 0.0961. The van der Waals surface area contributed by atoms with Gasteiger partial charge in [0.05, 0.1) is 11.8 Å². The fourth-order valence-corrected chi connectivity index (χ4v) is 2.79. The Morgan fingerprint density at radius 2 is 2.19 bits per heavy atom. The summed E-state index contributed by atoms with van der Waals surface area (Å²) in [7, 11) is 1.79. The van der Waals surface area contributed by atoms with E-state index in [1.54, 1.807) is 16.6 Å². The quantitative estimate of drug-likeness (QED) is 0.919. The lowest BCUT2D eigenvalue weighted by Gasteiger charge is -2.32. The number of carbonyl (C=O) groups is 1. The number of rotatable bonds is 2. The average Bonchev–Trinajstić information content (AvgIpc) is 2.88. The fraction of sp³-hybridized carbons (Fsp3) is 0.375. The molecule has 1 aliphatic rings. The van der Waals surface area contributed by atoms with Gasteiger partial charge in [0.15, 0.2) is 0 Å². The highest BCUT2D eigenvalue weighted by Gasteiger charge is 2.29. The van der Waals surface area contributed by atoms with Crippen molar-refractivity contribution >= 4 is 11.6 Å². The lowest BCUT2D eigenvalue weighted by Crippen LogP contribution is -2.37. The smallest absolute Gasteiger partial charge is 0.276 e. The minimum absolute atomic E-state index is 0.0657. The van der Waals surface area contributed by atoms with Crippen LogP contribution in [0.5, 0.6) is 0 Å². The second kappa shape index (κ2) is 5.33. The van der Waals surface area contributed by atoms with E-state index >= 15 is 0 Å². The van der Waals surface area contributed by atoms with E-state index in [0.717, 1.165) is 23.4 Å². The molecule has 1 unspecified atom stereocenters. The van der Waals surface area contributed by atoms with Gasteiger partial charge in [0, 0.05) is 24.8 Å². The molecule has 1 aliphatic heterocycles. The van der Waals surface area contributed by atoms with Gasteiger partial charge in [-0.25, -0.2) is 0 Å². The van der Waals surface area contributed by atoms with Crippen molar-refractivity contribution in [2.75, 3.05) is 11.4 Å². The van der Waals surface area contributed by atoms with Crippen LogP contribution >= 0.6 is 0 Å². The summed E-state index contributed by atoms with van der Waals surface area (Å²) in [5.74, 6) is -0.0657. The molecule has 1 aromatic carbocycles. The molecule has 1 N–H and O–H groups in total. The molecule has 1 amide bonds. The summed E-state index contributed by atoms with van der Waals surface area (Å²) in [6, 6.07) is 9.37. The monoisotopic (exact) mass is 285 g/mol. The molecule has 0 fully saturated rings. The Bertz CT molecular complexity index is 678. The van der Waals surface area contributed by atoms with E-state index in [9.17, 15) is 9.90 Å². The Morgan fingerprint density at radius 1 is 1.43 bits per heavy atom. The van der Waals surface area contributed by atoms with E-state index < -0.39 is 6.10 Å². The van der Waals surface area contributed by atoms with Crippen molar-refractivity contribution < 1.29 is 9.90 Å². The van der Waals surface area contributed by atoms with E-state index in [0.29, 0.717) is 18.7 Å². The fourth-order valence-electron chi connectivity index (χ4n) is 2.79. The van der Waals surface area contributed by atoms with Crippen LogP contribution in [0.1, 0.15) is 41.2 Å². The Morgan fingerprint density at radius 3 is 2.90 bits per heavy atom. The van der Waals surface area contributed by atoms with E-state index in [2.05, 4.69) is 5.10 Å². The van der Waals surface area contributed by atoms with Crippen LogP contribution in [0, 0.1) is 0 Å². The average molecular weight is 285 g/mol. The van der Waals surface area contributed by atoms with Crippen molar-refractivity contribution in [2.24, 2.45) is 7.05 Å². The van der Waals surface area contributed by atoms with E-state index in [1.165, 1.54) is 0 Å². The summed E-state index contributed by atoms with van der Waals surface area (Å²) in [6.07, 6.45) is 0.862. The van der Waals surface area contributed by atoms with Gasteiger partial charge in [0.1, 0.15) is 5.69 Å². The van der Waals surface area contributed by atoms with Gasteiger partial charge >= 0.3 is 0 Å². The normalized spacial score (nSPS) is 17.7. The molecule has 3 rings (SSSR count). The van der Waals surface area contributed by atoms with Crippen LogP contribution in [0.25, 0.3) is 0 Å². The first kappa shape index (κ1) is 13.8. The standard InChI is InChI=1S/C16H19N3O2/c1-3-11-10-14(18(2)17-11)16(21)19-9-8-15(20)12-6-4-5-7-13(12)19/h4-7,10,15,20H,3,8-9H2,1-2H3. The topological polar surface area (TPSA) is 58.4 Å². The number of carbonyl (C=O) groups excluding carboxylic acids is 1. The molecule has 5 heteroatoms. The highest BCUT2D eigenvalue weighted by molar-refractivity contribution is 6.05. The van der Waals surface area contributed by atoms with Crippen molar-refractivity contribution in [3.8, 4) is 0 Å². The molecule has 5 nitrogen and oxygen atoms in total. The number of para-hydroxylation sites is 1. The zero-order chi connectivity index (χ0) is 15.0. The second-order valence-electron chi connectivity index (χ2n) is 5.32. The predicted octanol–water partition coefficient (Wildman–Crippen LogP) is 2.07. The van der Waals surface area contributed by atoms with Crippen molar-refractivity contribution in [1.29, 1.82) is 0 Å². The molecule has 0 spiro atoms. The van der Waals surface area contributed by atoms with Crippen LogP contribution in [-0.2, 0) is 13.5 Å². The van der Waals surface area contributed by atoms with Gasteiger partial charge in [0.2, 0.25) is 0 Å². The zero-order valence-corrected chi connectivity index (χ0v) is 12.3. The third kappa shape index (κ3) is 2.34. The Hall–Kier alpha value is -2.14. The van der Waals surface area contributed by atoms with Crippen LogP contribution in [0.3, 0.4) is 0 Å². The largest absolute Gasteiger partial charge is 0.388 e. The summed E-state index contributed by atoms with van der Waals surface area (Å²) in [4.78, 5) is 14.5. The summed E-state index contributed by atoms with van der Waals surface area (Å²) < 4.78 is 1.63. The lowest BCUT2D eigenvalue weighted by atomic mass is 9.98. The molecule has 2 heterocycles. The van der Waals surface area contributed by atoms with Crippen LogP contribution in [-0.4, -0.2) is 27.3 Å². The number of aromatic nitrogens is 2. The summed E-state index contributed by atoms with van der Waals surface area (Å²) in [6.45, 7) is 2.53. The number of hydrogen-bond acceptors (Lipinski definition) is 3. The Labute approximate surface area is 123 Å². The first-order valence-electron chi connectivity index (χ1n) is 7.23. The van der Waals surface area contributed by atoms with Gasteiger partial charge < -0.3 is 10.0 Å². The van der Waals surface area contributed by atoms with Crippen LogP contribution in [0.4, 0.5) is 5.69 Å². The van der Waals surface area contributed by atoms with Crippen molar-refractivity contribution in [3.63, 3.8) is 0 Å². The molecule has 0 saturated heterocycles. The number of hydrogen-bond donors (Lipinski definition) is 1. The van der Waals surface area contributed by atoms with Gasteiger partial charge in [-0.2, -0.15) is 5.10 Å². The maximum absolute atomic E-state index is 12.8. The third-order valence-electron chi connectivity index (χ3n) is 3.97. The molecule has 0 radical (unpaired) electrons. The number of aliphatic hydroxyl groups excluding tert-OH is 1. The van der Waals surface area contributed by atoms with Gasteiger partial charge in [-0.3, -0.25) is 9.48 Å². The number of aryl methyl sites for hydroxylation is 2. The first-order valence-corrected chi connectivity index (χ1v) is 7.23. The molecule has 1 aromatic heterocycles. The zero-order valence-electron chi connectivity index (χ0n) is 12.3. The number of benzene rings is 1. The number of anilines is 1. The van der Waals surface area contributed by atoms with Crippen LogP contribution in [0.2, 0.25) is 0 Å². The molecule has 0 aliphatic carbocycles.